The Bertz CT molecular complexity index is 151. The standard InChI is InChI=1S/C7H15IN2O/c1-7(2,3)10(8)6(11)9(4)5/h1-5H3. The molecule has 2 amide bonds. The molecule has 0 atom stereocenters. The zero-order valence-electron chi connectivity index (χ0n) is 7.68. The number of nitrogens with zero attached hydrogens (tertiary/aromatic N) is 2. The van der Waals surface area contributed by atoms with Crippen LogP contribution in [0.3, 0.4) is 0 Å². The predicted molar refractivity (Wildman–Crippen MR) is 54.7 cm³/mol. The highest BCUT2D eigenvalue weighted by Gasteiger charge is 2.24. The van der Waals surface area contributed by atoms with Crippen LogP contribution in [0, 0.1) is 0 Å². The third-order valence-corrected chi connectivity index (χ3v) is 3.00. The van der Waals surface area contributed by atoms with E-state index in [1.165, 1.54) is 0 Å². The molecule has 0 spiro atoms. The Kier molecular flexibility index (Phi) is 3.60. The van der Waals surface area contributed by atoms with Gasteiger partial charge in [0, 0.05) is 19.6 Å². The van der Waals surface area contributed by atoms with E-state index in [0.29, 0.717) is 0 Å². The van der Waals surface area contributed by atoms with Crippen LogP contribution in [0.2, 0.25) is 0 Å². The van der Waals surface area contributed by atoms with E-state index in [-0.39, 0.29) is 11.6 Å². The van der Waals surface area contributed by atoms with Crippen molar-refractivity contribution < 1.29 is 4.79 Å². The highest BCUT2D eigenvalue weighted by Crippen LogP contribution is 2.19. The lowest BCUT2D eigenvalue weighted by atomic mass is 10.1. The van der Waals surface area contributed by atoms with E-state index in [0.717, 1.165) is 0 Å². The minimum atomic E-state index is -0.109. The maximum atomic E-state index is 11.3. The van der Waals surface area contributed by atoms with Gasteiger partial charge in [0.25, 0.3) is 0 Å². The largest absolute Gasteiger partial charge is 0.330 e. The van der Waals surface area contributed by atoms with E-state index in [1.807, 2.05) is 43.6 Å². The maximum Gasteiger partial charge on any atom is 0.328 e. The molecule has 0 rings (SSSR count). The number of hydrogen-bond donors (Lipinski definition) is 0. The number of rotatable bonds is 0. The normalized spacial score (nSPS) is 11.1. The van der Waals surface area contributed by atoms with Crippen LogP contribution in [0.1, 0.15) is 20.8 Å². The van der Waals surface area contributed by atoms with Crippen molar-refractivity contribution in [3.8, 4) is 0 Å². The molecular weight excluding hydrogens is 255 g/mol. The summed E-state index contributed by atoms with van der Waals surface area (Å²) in [5, 5.41) is 0. The van der Waals surface area contributed by atoms with Crippen LogP contribution < -0.4 is 0 Å². The van der Waals surface area contributed by atoms with Gasteiger partial charge in [0.15, 0.2) is 0 Å². The van der Waals surface area contributed by atoms with Crippen molar-refractivity contribution in [2.24, 2.45) is 0 Å². The van der Waals surface area contributed by atoms with Crippen LogP contribution in [0.15, 0.2) is 0 Å². The van der Waals surface area contributed by atoms with Crippen molar-refractivity contribution in [2.75, 3.05) is 14.1 Å². The van der Waals surface area contributed by atoms with Gasteiger partial charge in [-0.15, -0.1) is 0 Å². The molecule has 0 aromatic carbocycles. The van der Waals surface area contributed by atoms with Crippen LogP contribution in [0.4, 0.5) is 4.79 Å². The van der Waals surface area contributed by atoms with Crippen molar-refractivity contribution in [3.63, 3.8) is 0 Å². The molecule has 11 heavy (non-hydrogen) atoms. The van der Waals surface area contributed by atoms with E-state index in [2.05, 4.69) is 0 Å². The molecule has 0 aliphatic heterocycles. The Morgan fingerprint density at radius 2 is 1.64 bits per heavy atom. The first kappa shape index (κ1) is 11.0. The van der Waals surface area contributed by atoms with Gasteiger partial charge in [-0.1, -0.05) is 0 Å². The quantitative estimate of drug-likeness (QED) is 0.488. The fourth-order valence-corrected chi connectivity index (χ4v) is 0.894. The first-order valence-corrected chi connectivity index (χ1v) is 4.40. The van der Waals surface area contributed by atoms with E-state index >= 15 is 0 Å². The van der Waals surface area contributed by atoms with Gasteiger partial charge in [-0.2, -0.15) is 0 Å². The molecule has 0 saturated carbocycles. The molecule has 3 nitrogen and oxygen atoms in total. The Morgan fingerprint density at radius 3 is 1.73 bits per heavy atom. The second kappa shape index (κ2) is 3.60. The fraction of sp³-hybridized carbons (Fsp3) is 0.857. The van der Waals surface area contributed by atoms with Crippen molar-refractivity contribution >= 4 is 28.9 Å². The first-order chi connectivity index (χ1) is 4.76. The molecule has 0 aliphatic rings. The second-order valence-electron chi connectivity index (χ2n) is 3.63. The third-order valence-electron chi connectivity index (χ3n) is 1.14. The molecule has 0 saturated heterocycles. The van der Waals surface area contributed by atoms with Crippen LogP contribution in [0.25, 0.3) is 0 Å². The summed E-state index contributed by atoms with van der Waals surface area (Å²) >= 11 is 2.03. The average Bonchev–Trinajstić information content (AvgIpc) is 1.82. The SMILES string of the molecule is CN(C)C(=O)N(I)C(C)(C)C. The molecule has 0 aromatic rings. The van der Waals surface area contributed by atoms with E-state index < -0.39 is 0 Å². The van der Waals surface area contributed by atoms with Gasteiger partial charge < -0.3 is 4.90 Å². The molecule has 66 valence electrons. The summed E-state index contributed by atoms with van der Waals surface area (Å²) in [5.41, 5.74) is -0.109. The Balaban J connectivity index is 4.26. The van der Waals surface area contributed by atoms with Gasteiger partial charge in [-0.05, 0) is 20.8 Å². The molecule has 0 bridgehead atoms. The molecule has 0 aliphatic carbocycles. The fourth-order valence-electron chi connectivity index (χ4n) is 0.463. The topological polar surface area (TPSA) is 23.6 Å². The maximum absolute atomic E-state index is 11.3. The molecule has 0 aromatic heterocycles. The van der Waals surface area contributed by atoms with E-state index in [4.69, 9.17) is 0 Å². The number of amides is 2. The highest BCUT2D eigenvalue weighted by molar-refractivity contribution is 14.1. The molecular formula is C7H15IN2O. The van der Waals surface area contributed by atoms with Gasteiger partial charge in [0.1, 0.15) is 0 Å². The van der Waals surface area contributed by atoms with E-state index in [1.54, 1.807) is 22.1 Å². The lowest BCUT2D eigenvalue weighted by molar-refractivity contribution is 0.183. The number of hydrogen-bond acceptors (Lipinski definition) is 1. The highest BCUT2D eigenvalue weighted by atomic mass is 127. The number of carbonyl (C=O) groups is 1. The molecule has 0 radical (unpaired) electrons. The molecule has 0 unspecified atom stereocenters. The van der Waals surface area contributed by atoms with Crippen LogP contribution in [0.5, 0.6) is 0 Å². The zero-order chi connectivity index (χ0) is 9.23. The van der Waals surface area contributed by atoms with Crippen molar-refractivity contribution in [2.45, 2.75) is 26.3 Å². The van der Waals surface area contributed by atoms with Crippen LogP contribution in [-0.2, 0) is 0 Å². The van der Waals surface area contributed by atoms with Crippen LogP contribution in [-0.4, -0.2) is 33.7 Å². The molecule has 0 fully saturated rings. The van der Waals surface area contributed by atoms with Crippen molar-refractivity contribution in [1.29, 1.82) is 0 Å². The van der Waals surface area contributed by atoms with Gasteiger partial charge >= 0.3 is 6.03 Å². The summed E-state index contributed by atoms with van der Waals surface area (Å²) in [4.78, 5) is 12.9. The smallest absolute Gasteiger partial charge is 0.328 e. The van der Waals surface area contributed by atoms with Gasteiger partial charge in [0.05, 0.1) is 22.9 Å². The third kappa shape index (κ3) is 3.27. The summed E-state index contributed by atoms with van der Waals surface area (Å²) in [6.45, 7) is 6.00. The molecule has 0 N–H and O–H groups in total. The predicted octanol–water partition coefficient (Wildman–Crippen LogP) is 2.12. The lowest BCUT2D eigenvalue weighted by Gasteiger charge is -2.31. The number of carbonyl (C=O) groups excluding carboxylic acids is 1. The van der Waals surface area contributed by atoms with Gasteiger partial charge in [-0.3, -0.25) is 3.11 Å². The van der Waals surface area contributed by atoms with Gasteiger partial charge in [0.2, 0.25) is 0 Å². The number of halogens is 1. The Morgan fingerprint density at radius 1 is 1.27 bits per heavy atom. The molecule has 0 heterocycles. The number of urea groups is 1. The Hall–Kier alpha value is 0. The summed E-state index contributed by atoms with van der Waals surface area (Å²) in [7, 11) is 3.50. The second-order valence-corrected chi connectivity index (χ2v) is 4.59. The van der Waals surface area contributed by atoms with Crippen molar-refractivity contribution in [3.05, 3.63) is 0 Å². The minimum Gasteiger partial charge on any atom is -0.330 e. The van der Waals surface area contributed by atoms with Gasteiger partial charge in [-0.25, -0.2) is 4.79 Å². The summed E-state index contributed by atoms with van der Waals surface area (Å²) in [6, 6.07) is 0.0260. The van der Waals surface area contributed by atoms with Crippen molar-refractivity contribution in [1.82, 2.24) is 8.01 Å². The van der Waals surface area contributed by atoms with Crippen LogP contribution >= 0.6 is 22.9 Å². The van der Waals surface area contributed by atoms with E-state index in [9.17, 15) is 4.79 Å². The zero-order valence-corrected chi connectivity index (χ0v) is 9.84. The lowest BCUT2D eigenvalue weighted by Crippen LogP contribution is -2.43. The first-order valence-electron chi connectivity index (χ1n) is 3.44. The Labute approximate surface area is 82.2 Å². The molecule has 4 heteroatoms. The summed E-state index contributed by atoms with van der Waals surface area (Å²) < 4.78 is 1.69. The summed E-state index contributed by atoms with van der Waals surface area (Å²) in [5.74, 6) is 0. The minimum absolute atomic E-state index is 0.0260. The average molecular weight is 270 g/mol. The summed E-state index contributed by atoms with van der Waals surface area (Å²) in [6.07, 6.45) is 0. The monoisotopic (exact) mass is 270 g/mol.